The minimum Gasteiger partial charge on any atom is -0.492 e. The van der Waals surface area contributed by atoms with Crippen LogP contribution in [0, 0.1) is 19.7 Å². The summed E-state index contributed by atoms with van der Waals surface area (Å²) < 4.78 is 44.5. The SMILES string of the molecule is CC[C@H](C(=O)NCCOc1ccc(C)c(C)c1)N(c1ccc(F)cc1)S(C)(=O)=O. The second-order valence-corrected chi connectivity index (χ2v) is 8.70. The molecule has 0 saturated carbocycles. The molecule has 29 heavy (non-hydrogen) atoms. The fourth-order valence-electron chi connectivity index (χ4n) is 2.91. The van der Waals surface area contributed by atoms with E-state index in [-0.39, 0.29) is 25.3 Å². The fraction of sp³-hybridized carbons (Fsp3) is 0.381. The molecule has 0 fully saturated rings. The van der Waals surface area contributed by atoms with Crippen molar-refractivity contribution in [1.82, 2.24) is 5.32 Å². The Hall–Kier alpha value is -2.61. The van der Waals surface area contributed by atoms with Gasteiger partial charge in [-0.3, -0.25) is 9.10 Å². The maximum atomic E-state index is 13.2. The van der Waals surface area contributed by atoms with Gasteiger partial charge in [0.05, 0.1) is 18.5 Å². The van der Waals surface area contributed by atoms with Gasteiger partial charge in [-0.15, -0.1) is 0 Å². The number of sulfonamides is 1. The van der Waals surface area contributed by atoms with Crippen molar-refractivity contribution < 1.29 is 22.3 Å². The second-order valence-electron chi connectivity index (χ2n) is 6.84. The van der Waals surface area contributed by atoms with E-state index in [2.05, 4.69) is 5.32 Å². The van der Waals surface area contributed by atoms with Gasteiger partial charge in [0.1, 0.15) is 24.2 Å². The van der Waals surface area contributed by atoms with Gasteiger partial charge in [0, 0.05) is 0 Å². The molecule has 6 nitrogen and oxygen atoms in total. The van der Waals surface area contributed by atoms with Crippen molar-refractivity contribution in [2.24, 2.45) is 0 Å². The summed E-state index contributed by atoms with van der Waals surface area (Å²) >= 11 is 0. The molecule has 2 aromatic carbocycles. The molecule has 0 aliphatic carbocycles. The van der Waals surface area contributed by atoms with Crippen molar-refractivity contribution in [3.05, 3.63) is 59.4 Å². The number of amides is 1. The number of carbonyl (C=O) groups excluding carboxylic acids is 1. The summed E-state index contributed by atoms with van der Waals surface area (Å²) in [7, 11) is -3.75. The van der Waals surface area contributed by atoms with Crippen LogP contribution in [0.3, 0.4) is 0 Å². The molecule has 0 saturated heterocycles. The number of halogens is 1. The summed E-state index contributed by atoms with van der Waals surface area (Å²) in [5.41, 5.74) is 2.51. The third-order valence-electron chi connectivity index (χ3n) is 4.56. The van der Waals surface area contributed by atoms with Crippen LogP contribution in [-0.2, 0) is 14.8 Å². The number of benzene rings is 2. The monoisotopic (exact) mass is 422 g/mol. The average Bonchev–Trinajstić information content (AvgIpc) is 2.66. The smallest absolute Gasteiger partial charge is 0.244 e. The summed E-state index contributed by atoms with van der Waals surface area (Å²) in [5.74, 6) is -0.215. The number of rotatable bonds is 9. The minimum absolute atomic E-state index is 0.225. The molecule has 0 aromatic heterocycles. The summed E-state index contributed by atoms with van der Waals surface area (Å²) in [6.45, 7) is 6.20. The van der Waals surface area contributed by atoms with Crippen molar-refractivity contribution in [3.63, 3.8) is 0 Å². The summed E-state index contributed by atoms with van der Waals surface area (Å²) in [6, 6.07) is 9.81. The largest absolute Gasteiger partial charge is 0.492 e. The lowest BCUT2D eigenvalue weighted by atomic mass is 10.1. The first-order chi connectivity index (χ1) is 13.6. The number of aryl methyl sites for hydroxylation is 2. The van der Waals surface area contributed by atoms with Crippen molar-refractivity contribution in [1.29, 1.82) is 0 Å². The summed E-state index contributed by atoms with van der Waals surface area (Å²) in [4.78, 5) is 12.7. The van der Waals surface area contributed by atoms with Gasteiger partial charge in [-0.1, -0.05) is 13.0 Å². The Kier molecular flexibility index (Phi) is 7.61. The molecule has 0 radical (unpaired) electrons. The summed E-state index contributed by atoms with van der Waals surface area (Å²) in [6.07, 6.45) is 1.28. The first-order valence-corrected chi connectivity index (χ1v) is 11.2. The van der Waals surface area contributed by atoms with E-state index < -0.39 is 27.8 Å². The van der Waals surface area contributed by atoms with E-state index in [1.54, 1.807) is 6.92 Å². The molecule has 158 valence electrons. The molecule has 0 bridgehead atoms. The van der Waals surface area contributed by atoms with Crippen LogP contribution in [0.2, 0.25) is 0 Å². The molecule has 1 N–H and O–H groups in total. The molecule has 0 unspecified atom stereocenters. The Morgan fingerprint density at radius 1 is 1.14 bits per heavy atom. The highest BCUT2D eigenvalue weighted by atomic mass is 32.2. The predicted molar refractivity (Wildman–Crippen MR) is 112 cm³/mol. The van der Waals surface area contributed by atoms with Crippen LogP contribution in [0.15, 0.2) is 42.5 Å². The molecule has 0 aliphatic rings. The molecule has 2 rings (SSSR count). The van der Waals surface area contributed by atoms with Gasteiger partial charge in [-0.2, -0.15) is 0 Å². The zero-order valence-electron chi connectivity index (χ0n) is 17.1. The van der Waals surface area contributed by atoms with Crippen LogP contribution < -0.4 is 14.4 Å². The van der Waals surface area contributed by atoms with E-state index in [0.717, 1.165) is 33.8 Å². The van der Waals surface area contributed by atoms with Crippen molar-refractivity contribution in [2.75, 3.05) is 23.7 Å². The number of hydrogen-bond acceptors (Lipinski definition) is 4. The molecule has 1 atom stereocenters. The van der Waals surface area contributed by atoms with Crippen molar-refractivity contribution in [2.45, 2.75) is 33.2 Å². The standard InChI is InChI=1S/C21H27FN2O4S/c1-5-20(24(29(4,26)27)18-9-7-17(22)8-10-18)21(25)23-12-13-28-19-11-6-15(2)16(3)14-19/h6-11,14,20H,5,12-13H2,1-4H3,(H,23,25)/t20-/m1/s1. The maximum Gasteiger partial charge on any atom is 0.244 e. The van der Waals surface area contributed by atoms with Gasteiger partial charge >= 0.3 is 0 Å². The van der Waals surface area contributed by atoms with E-state index in [4.69, 9.17) is 4.74 Å². The van der Waals surface area contributed by atoms with E-state index in [1.807, 2.05) is 32.0 Å². The Bertz CT molecular complexity index is 946. The number of nitrogens with one attached hydrogen (secondary N) is 1. The maximum absolute atomic E-state index is 13.2. The van der Waals surface area contributed by atoms with Gasteiger partial charge in [-0.05, 0) is 67.8 Å². The van der Waals surface area contributed by atoms with Gasteiger partial charge in [0.15, 0.2) is 0 Å². The zero-order valence-corrected chi connectivity index (χ0v) is 17.9. The molecule has 8 heteroatoms. The number of ether oxygens (including phenoxy) is 1. The lowest BCUT2D eigenvalue weighted by molar-refractivity contribution is -0.122. The highest BCUT2D eigenvalue weighted by Gasteiger charge is 2.31. The molecular weight excluding hydrogens is 395 g/mol. The molecule has 1 amide bonds. The van der Waals surface area contributed by atoms with Crippen LogP contribution in [0.1, 0.15) is 24.5 Å². The Morgan fingerprint density at radius 3 is 2.34 bits per heavy atom. The lowest BCUT2D eigenvalue weighted by Gasteiger charge is -2.30. The zero-order chi connectivity index (χ0) is 21.6. The normalized spacial score (nSPS) is 12.3. The van der Waals surface area contributed by atoms with Crippen LogP contribution in [0.5, 0.6) is 5.75 Å². The second kappa shape index (κ2) is 9.73. The van der Waals surface area contributed by atoms with E-state index >= 15 is 0 Å². The highest BCUT2D eigenvalue weighted by Crippen LogP contribution is 2.23. The molecule has 0 spiro atoms. The Balaban J connectivity index is 2.03. The topological polar surface area (TPSA) is 75.7 Å². The van der Waals surface area contributed by atoms with Gasteiger partial charge in [-0.25, -0.2) is 12.8 Å². The van der Waals surface area contributed by atoms with Crippen LogP contribution in [-0.4, -0.2) is 39.8 Å². The number of nitrogens with zero attached hydrogens (tertiary/aromatic N) is 1. The minimum atomic E-state index is -3.75. The van der Waals surface area contributed by atoms with Crippen molar-refractivity contribution in [3.8, 4) is 5.75 Å². The van der Waals surface area contributed by atoms with Crippen LogP contribution in [0.4, 0.5) is 10.1 Å². The molecular formula is C21H27FN2O4S. The Labute approximate surface area is 171 Å². The van der Waals surface area contributed by atoms with E-state index in [1.165, 1.54) is 12.1 Å². The first kappa shape index (κ1) is 22.7. The number of carbonyl (C=O) groups is 1. The average molecular weight is 423 g/mol. The fourth-order valence-corrected chi connectivity index (χ4v) is 4.12. The van der Waals surface area contributed by atoms with Gasteiger partial charge < -0.3 is 10.1 Å². The predicted octanol–water partition coefficient (Wildman–Crippen LogP) is 3.18. The number of anilines is 1. The van der Waals surface area contributed by atoms with Gasteiger partial charge in [0.2, 0.25) is 15.9 Å². The van der Waals surface area contributed by atoms with E-state index in [0.29, 0.717) is 5.75 Å². The third kappa shape index (κ3) is 6.19. The quantitative estimate of drug-likeness (QED) is 0.630. The van der Waals surface area contributed by atoms with E-state index in [9.17, 15) is 17.6 Å². The third-order valence-corrected chi connectivity index (χ3v) is 5.74. The van der Waals surface area contributed by atoms with Crippen molar-refractivity contribution >= 4 is 21.6 Å². The molecule has 0 aliphatic heterocycles. The summed E-state index contributed by atoms with van der Waals surface area (Å²) in [5, 5.41) is 2.72. The van der Waals surface area contributed by atoms with Gasteiger partial charge in [0.25, 0.3) is 0 Å². The lowest BCUT2D eigenvalue weighted by Crippen LogP contribution is -2.50. The Morgan fingerprint density at radius 2 is 1.79 bits per heavy atom. The van der Waals surface area contributed by atoms with Crippen LogP contribution >= 0.6 is 0 Å². The number of hydrogen-bond donors (Lipinski definition) is 1. The molecule has 2 aromatic rings. The highest BCUT2D eigenvalue weighted by molar-refractivity contribution is 7.92. The molecule has 0 heterocycles. The van der Waals surface area contributed by atoms with Crippen LogP contribution in [0.25, 0.3) is 0 Å². The first-order valence-electron chi connectivity index (χ1n) is 9.36.